The molecular weight excluding hydrogens is 401 g/mol. The molecule has 154 valence electrons. The molecule has 1 aromatic carbocycles. The zero-order chi connectivity index (χ0) is 21.1. The maximum absolute atomic E-state index is 13.1. The summed E-state index contributed by atoms with van der Waals surface area (Å²) in [6.07, 6.45) is 3.80. The highest BCUT2D eigenvalue weighted by Gasteiger charge is 2.31. The fraction of sp³-hybridized carbons (Fsp3) is 0.368. The van der Waals surface area contributed by atoms with E-state index in [0.29, 0.717) is 31.4 Å². The van der Waals surface area contributed by atoms with Crippen molar-refractivity contribution in [2.75, 3.05) is 12.4 Å². The van der Waals surface area contributed by atoms with E-state index in [1.165, 1.54) is 25.5 Å². The Morgan fingerprint density at radius 2 is 1.93 bits per heavy atom. The van der Waals surface area contributed by atoms with Crippen molar-refractivity contribution in [3.05, 3.63) is 46.8 Å². The highest BCUT2D eigenvalue weighted by Crippen LogP contribution is 2.34. The van der Waals surface area contributed by atoms with Crippen LogP contribution in [0.3, 0.4) is 0 Å². The summed E-state index contributed by atoms with van der Waals surface area (Å²) >= 11 is 5.96. The number of nitrogens with one attached hydrogen (secondary N) is 2. The molecule has 3 rings (SSSR count). The number of imidazole rings is 1. The van der Waals surface area contributed by atoms with Crippen molar-refractivity contribution >= 4 is 35.0 Å². The third-order valence-corrected chi connectivity index (χ3v) is 5.43. The Balaban J connectivity index is 1.67. The van der Waals surface area contributed by atoms with Crippen LogP contribution < -0.4 is 16.4 Å². The molecule has 1 heterocycles. The van der Waals surface area contributed by atoms with Crippen LogP contribution in [0.5, 0.6) is 0 Å². The predicted molar refractivity (Wildman–Crippen MR) is 105 cm³/mol. The zero-order valence-electron chi connectivity index (χ0n) is 15.7. The number of primary amides is 1. The van der Waals surface area contributed by atoms with Crippen LogP contribution in [0.4, 0.5) is 10.1 Å². The highest BCUT2D eigenvalue weighted by atomic mass is 35.5. The van der Waals surface area contributed by atoms with Crippen LogP contribution in [0.15, 0.2) is 24.5 Å². The molecule has 1 aliphatic rings. The van der Waals surface area contributed by atoms with Gasteiger partial charge >= 0.3 is 0 Å². The number of rotatable bonds is 5. The molecule has 0 unspecified atom stereocenters. The lowest BCUT2D eigenvalue weighted by Gasteiger charge is -2.29. The Morgan fingerprint density at radius 3 is 2.52 bits per heavy atom. The van der Waals surface area contributed by atoms with Crippen LogP contribution >= 0.6 is 11.6 Å². The van der Waals surface area contributed by atoms with Gasteiger partial charge in [0.1, 0.15) is 11.5 Å². The van der Waals surface area contributed by atoms with Gasteiger partial charge in [0.15, 0.2) is 5.69 Å². The molecule has 0 atom stereocenters. The molecule has 1 saturated carbocycles. The number of halogens is 2. The summed E-state index contributed by atoms with van der Waals surface area (Å²) in [5.41, 5.74) is 5.88. The fourth-order valence-electron chi connectivity index (χ4n) is 3.61. The van der Waals surface area contributed by atoms with Crippen molar-refractivity contribution in [1.82, 2.24) is 14.9 Å². The van der Waals surface area contributed by atoms with Crippen molar-refractivity contribution in [2.45, 2.75) is 31.7 Å². The Bertz CT molecular complexity index is 953. The maximum Gasteiger partial charge on any atom is 0.272 e. The number of carbonyl (C=O) groups is 3. The van der Waals surface area contributed by atoms with Gasteiger partial charge in [-0.1, -0.05) is 11.6 Å². The van der Waals surface area contributed by atoms with Crippen molar-refractivity contribution < 1.29 is 18.8 Å². The lowest BCUT2D eigenvalue weighted by molar-refractivity contribution is -0.121. The van der Waals surface area contributed by atoms with Gasteiger partial charge in [-0.3, -0.25) is 14.4 Å². The van der Waals surface area contributed by atoms with E-state index in [9.17, 15) is 18.8 Å². The molecule has 3 amide bonds. The highest BCUT2D eigenvalue weighted by molar-refractivity contribution is 6.33. The second-order valence-electron chi connectivity index (χ2n) is 6.91. The number of hydrogen-bond donors (Lipinski definition) is 3. The Labute approximate surface area is 171 Å². The molecule has 0 saturated heterocycles. The van der Waals surface area contributed by atoms with Gasteiger partial charge in [-0.15, -0.1) is 0 Å². The van der Waals surface area contributed by atoms with Crippen molar-refractivity contribution in [3.8, 4) is 0 Å². The van der Waals surface area contributed by atoms with Gasteiger partial charge in [0.25, 0.3) is 11.8 Å². The molecule has 0 spiro atoms. The van der Waals surface area contributed by atoms with Crippen molar-refractivity contribution in [3.63, 3.8) is 0 Å². The van der Waals surface area contributed by atoms with Gasteiger partial charge in [-0.2, -0.15) is 0 Å². The quantitative estimate of drug-likeness (QED) is 0.687. The minimum absolute atomic E-state index is 0.00850. The van der Waals surface area contributed by atoms with Gasteiger partial charge in [0.05, 0.1) is 17.0 Å². The molecule has 1 aromatic heterocycles. The number of hydrogen-bond acceptors (Lipinski definition) is 4. The van der Waals surface area contributed by atoms with E-state index in [4.69, 9.17) is 17.3 Å². The molecule has 2 aromatic rings. The Morgan fingerprint density at radius 1 is 1.24 bits per heavy atom. The standard InChI is InChI=1S/C19H21ClFN5O3/c1-23-19(29)15-16(17(22)27)26(9-24-15)12-5-2-10(3-6-12)18(28)25-14-7-4-11(21)8-13(14)20/h4,7-10,12H,2-3,5-6H2,1H3,(H2,22,27)(H,23,29)(H,25,28)/t10-,12-. The normalized spacial score (nSPS) is 18.9. The molecule has 4 N–H and O–H groups in total. The SMILES string of the molecule is CNC(=O)c1ncn([C@H]2CC[C@H](C(=O)Nc3ccc(F)cc3Cl)CC2)c1C(N)=O. The molecule has 0 aliphatic heterocycles. The summed E-state index contributed by atoms with van der Waals surface area (Å²) in [5, 5.41) is 5.31. The third-order valence-electron chi connectivity index (χ3n) is 5.12. The van der Waals surface area contributed by atoms with E-state index in [2.05, 4.69) is 15.6 Å². The molecule has 29 heavy (non-hydrogen) atoms. The van der Waals surface area contributed by atoms with Crippen LogP contribution in [0.25, 0.3) is 0 Å². The van der Waals surface area contributed by atoms with Gasteiger partial charge in [0.2, 0.25) is 5.91 Å². The summed E-state index contributed by atoms with van der Waals surface area (Å²) in [7, 11) is 1.45. The van der Waals surface area contributed by atoms with E-state index >= 15 is 0 Å². The molecule has 10 heteroatoms. The lowest BCUT2D eigenvalue weighted by Crippen LogP contribution is -2.30. The Kier molecular flexibility index (Phi) is 6.17. The predicted octanol–water partition coefficient (Wildman–Crippen LogP) is 2.50. The molecule has 1 fully saturated rings. The molecule has 0 bridgehead atoms. The summed E-state index contributed by atoms with van der Waals surface area (Å²) in [4.78, 5) is 40.4. The smallest absolute Gasteiger partial charge is 0.272 e. The number of aromatic nitrogens is 2. The van der Waals surface area contributed by atoms with Crippen molar-refractivity contribution in [2.24, 2.45) is 11.7 Å². The van der Waals surface area contributed by atoms with E-state index < -0.39 is 17.6 Å². The van der Waals surface area contributed by atoms with Crippen LogP contribution in [0.2, 0.25) is 5.02 Å². The van der Waals surface area contributed by atoms with E-state index in [-0.39, 0.29) is 34.3 Å². The first-order valence-electron chi connectivity index (χ1n) is 9.16. The summed E-state index contributed by atoms with van der Waals surface area (Å²) in [6.45, 7) is 0. The number of nitrogens with two attached hydrogens (primary N) is 1. The van der Waals surface area contributed by atoms with Crippen LogP contribution in [0, 0.1) is 11.7 Å². The number of anilines is 1. The number of carbonyl (C=O) groups excluding carboxylic acids is 3. The number of benzene rings is 1. The second-order valence-corrected chi connectivity index (χ2v) is 7.32. The lowest BCUT2D eigenvalue weighted by atomic mass is 9.85. The summed E-state index contributed by atoms with van der Waals surface area (Å²) < 4.78 is 14.8. The summed E-state index contributed by atoms with van der Waals surface area (Å²) in [6, 6.07) is 3.70. The second kappa shape index (κ2) is 8.60. The minimum Gasteiger partial charge on any atom is -0.364 e. The van der Waals surface area contributed by atoms with Crippen molar-refractivity contribution in [1.29, 1.82) is 0 Å². The average molecular weight is 422 g/mol. The molecule has 1 aliphatic carbocycles. The first-order chi connectivity index (χ1) is 13.8. The minimum atomic E-state index is -0.730. The first kappa shape index (κ1) is 20.8. The van der Waals surface area contributed by atoms with Crippen LogP contribution in [0.1, 0.15) is 52.7 Å². The third kappa shape index (κ3) is 4.40. The molecular formula is C19H21ClFN5O3. The fourth-order valence-corrected chi connectivity index (χ4v) is 3.82. The van der Waals surface area contributed by atoms with Crippen LogP contribution in [-0.2, 0) is 4.79 Å². The number of nitrogens with zero attached hydrogens (tertiary/aromatic N) is 2. The monoisotopic (exact) mass is 421 g/mol. The Hall–Kier alpha value is -2.94. The molecule has 8 nitrogen and oxygen atoms in total. The van der Waals surface area contributed by atoms with E-state index in [1.807, 2.05) is 0 Å². The average Bonchev–Trinajstić information content (AvgIpc) is 3.15. The van der Waals surface area contributed by atoms with Crippen LogP contribution in [-0.4, -0.2) is 34.3 Å². The van der Waals surface area contributed by atoms with Gasteiger partial charge in [-0.25, -0.2) is 9.37 Å². The van der Waals surface area contributed by atoms with E-state index in [0.717, 1.165) is 6.07 Å². The first-order valence-corrected chi connectivity index (χ1v) is 9.54. The van der Waals surface area contributed by atoms with Gasteiger partial charge in [-0.05, 0) is 43.9 Å². The number of amides is 3. The topological polar surface area (TPSA) is 119 Å². The summed E-state index contributed by atoms with van der Waals surface area (Å²) in [5.74, 6) is -2.13. The largest absolute Gasteiger partial charge is 0.364 e. The molecule has 0 radical (unpaired) electrons. The maximum atomic E-state index is 13.1. The van der Waals surface area contributed by atoms with Gasteiger partial charge < -0.3 is 20.9 Å². The van der Waals surface area contributed by atoms with Gasteiger partial charge in [0, 0.05) is 19.0 Å². The zero-order valence-corrected chi connectivity index (χ0v) is 16.5. The van der Waals surface area contributed by atoms with E-state index in [1.54, 1.807) is 4.57 Å².